The molecule has 0 bridgehead atoms. The van der Waals surface area contributed by atoms with Gasteiger partial charge in [0.1, 0.15) is 4.83 Å². The van der Waals surface area contributed by atoms with Gasteiger partial charge >= 0.3 is 0 Å². The van der Waals surface area contributed by atoms with Crippen LogP contribution in [0.1, 0.15) is 52.3 Å². The molecule has 5 nitrogen and oxygen atoms in total. The van der Waals surface area contributed by atoms with Crippen molar-refractivity contribution in [3.8, 4) is 0 Å². The molecule has 0 aliphatic carbocycles. The van der Waals surface area contributed by atoms with E-state index in [9.17, 15) is 9.59 Å². The number of rotatable bonds is 6. The molecule has 0 radical (unpaired) electrons. The standard InChI is InChI=1S/C23H27N3O2S/c1-6-13(2)21(27)26-18-9-7-8-17(11-18)12-24-22(28)20-16(5)19-14(3)10-15(4)25-23(19)29-20/h7-11,13H,6,12H2,1-5H3,(H,24,28)(H,26,27). The number of carbonyl (C=O) groups excluding carboxylic acids is 2. The molecule has 0 fully saturated rings. The van der Waals surface area contributed by atoms with E-state index in [2.05, 4.69) is 22.5 Å². The number of benzene rings is 1. The van der Waals surface area contributed by atoms with Crippen LogP contribution < -0.4 is 10.6 Å². The van der Waals surface area contributed by atoms with Gasteiger partial charge in [0.05, 0.1) is 4.88 Å². The maximum Gasteiger partial charge on any atom is 0.261 e. The fourth-order valence-corrected chi connectivity index (χ4v) is 4.53. The zero-order valence-corrected chi connectivity index (χ0v) is 18.4. The molecule has 152 valence electrons. The van der Waals surface area contributed by atoms with Crippen LogP contribution in [0.5, 0.6) is 0 Å². The first-order valence-electron chi connectivity index (χ1n) is 9.85. The van der Waals surface area contributed by atoms with E-state index in [0.29, 0.717) is 11.4 Å². The Morgan fingerprint density at radius 2 is 1.93 bits per heavy atom. The highest BCUT2D eigenvalue weighted by Crippen LogP contribution is 2.32. The highest BCUT2D eigenvalue weighted by Gasteiger charge is 2.18. The Morgan fingerprint density at radius 3 is 2.66 bits per heavy atom. The minimum Gasteiger partial charge on any atom is -0.347 e. The van der Waals surface area contributed by atoms with E-state index >= 15 is 0 Å². The molecule has 0 saturated carbocycles. The van der Waals surface area contributed by atoms with Gasteiger partial charge in [0.25, 0.3) is 5.91 Å². The number of thiophene rings is 1. The molecule has 29 heavy (non-hydrogen) atoms. The second-order valence-corrected chi connectivity index (χ2v) is 8.50. The van der Waals surface area contributed by atoms with Crippen molar-refractivity contribution in [2.24, 2.45) is 5.92 Å². The van der Waals surface area contributed by atoms with Crippen molar-refractivity contribution in [2.75, 3.05) is 5.32 Å². The topological polar surface area (TPSA) is 71.1 Å². The van der Waals surface area contributed by atoms with Crippen LogP contribution in [0.4, 0.5) is 5.69 Å². The highest BCUT2D eigenvalue weighted by molar-refractivity contribution is 7.20. The number of carbonyl (C=O) groups is 2. The van der Waals surface area contributed by atoms with Gasteiger partial charge in [-0.15, -0.1) is 11.3 Å². The van der Waals surface area contributed by atoms with E-state index in [1.165, 1.54) is 11.3 Å². The molecule has 0 aliphatic heterocycles. The molecule has 6 heteroatoms. The van der Waals surface area contributed by atoms with E-state index in [1.807, 2.05) is 58.0 Å². The fraction of sp³-hybridized carbons (Fsp3) is 0.348. The largest absolute Gasteiger partial charge is 0.347 e. The van der Waals surface area contributed by atoms with Gasteiger partial charge in [0.15, 0.2) is 0 Å². The van der Waals surface area contributed by atoms with Crippen LogP contribution in [0.15, 0.2) is 30.3 Å². The number of fused-ring (bicyclic) bond motifs is 1. The highest BCUT2D eigenvalue weighted by atomic mass is 32.1. The zero-order chi connectivity index (χ0) is 21.1. The van der Waals surface area contributed by atoms with Crippen LogP contribution in [-0.2, 0) is 11.3 Å². The normalized spacial score (nSPS) is 12.0. The van der Waals surface area contributed by atoms with Crippen molar-refractivity contribution < 1.29 is 9.59 Å². The average molecular weight is 410 g/mol. The van der Waals surface area contributed by atoms with Crippen LogP contribution in [0, 0.1) is 26.7 Å². The molecule has 3 aromatic rings. The van der Waals surface area contributed by atoms with Crippen molar-refractivity contribution in [3.05, 3.63) is 57.6 Å². The van der Waals surface area contributed by atoms with Crippen molar-refractivity contribution in [2.45, 2.75) is 47.6 Å². The second-order valence-electron chi connectivity index (χ2n) is 7.50. The summed E-state index contributed by atoms with van der Waals surface area (Å²) in [7, 11) is 0. The Hall–Kier alpha value is -2.73. The lowest BCUT2D eigenvalue weighted by molar-refractivity contribution is -0.119. The lowest BCUT2D eigenvalue weighted by Crippen LogP contribution is -2.23. The summed E-state index contributed by atoms with van der Waals surface area (Å²) in [5.41, 5.74) is 4.76. The Kier molecular flexibility index (Phi) is 6.33. The van der Waals surface area contributed by atoms with Crippen LogP contribution in [0.3, 0.4) is 0 Å². The number of anilines is 1. The molecule has 3 rings (SSSR count). The predicted molar refractivity (Wildman–Crippen MR) is 120 cm³/mol. The Balaban J connectivity index is 1.72. The molecule has 2 heterocycles. The van der Waals surface area contributed by atoms with Gasteiger partial charge < -0.3 is 10.6 Å². The first-order valence-corrected chi connectivity index (χ1v) is 10.7. The van der Waals surface area contributed by atoms with Crippen LogP contribution in [-0.4, -0.2) is 16.8 Å². The molecule has 1 atom stereocenters. The van der Waals surface area contributed by atoms with Crippen molar-refractivity contribution >= 4 is 39.1 Å². The molecule has 1 unspecified atom stereocenters. The predicted octanol–water partition coefficient (Wildman–Crippen LogP) is 5.14. The number of aryl methyl sites for hydroxylation is 3. The maximum absolute atomic E-state index is 12.8. The smallest absolute Gasteiger partial charge is 0.261 e. The monoisotopic (exact) mass is 409 g/mol. The SMILES string of the molecule is CCC(C)C(=O)Nc1cccc(CNC(=O)c2sc3nc(C)cc(C)c3c2C)c1. The molecule has 0 saturated heterocycles. The molecule has 0 aliphatic rings. The van der Waals surface area contributed by atoms with E-state index in [4.69, 9.17) is 0 Å². The van der Waals surface area contributed by atoms with Gasteiger partial charge in [0.2, 0.25) is 5.91 Å². The number of aromatic nitrogens is 1. The Labute approximate surface area is 175 Å². The second kappa shape index (κ2) is 8.74. The number of amides is 2. The first kappa shape index (κ1) is 21.0. The van der Waals surface area contributed by atoms with Gasteiger partial charge in [0, 0.05) is 29.2 Å². The van der Waals surface area contributed by atoms with Crippen LogP contribution in [0.2, 0.25) is 0 Å². The summed E-state index contributed by atoms with van der Waals surface area (Å²) in [5.74, 6) is -0.126. The molecule has 1 aromatic carbocycles. The number of hydrogen-bond donors (Lipinski definition) is 2. The zero-order valence-electron chi connectivity index (χ0n) is 17.6. The van der Waals surface area contributed by atoms with E-state index in [0.717, 1.165) is 44.7 Å². The molecule has 0 spiro atoms. The maximum atomic E-state index is 12.8. The Bertz CT molecular complexity index is 1070. The number of hydrogen-bond acceptors (Lipinski definition) is 4. The van der Waals surface area contributed by atoms with Gasteiger partial charge in [-0.1, -0.05) is 26.0 Å². The fourth-order valence-electron chi connectivity index (χ4n) is 3.31. The molecule has 2 N–H and O–H groups in total. The van der Waals surface area contributed by atoms with Crippen LogP contribution >= 0.6 is 11.3 Å². The van der Waals surface area contributed by atoms with Crippen molar-refractivity contribution in [1.82, 2.24) is 10.3 Å². The average Bonchev–Trinajstić information content (AvgIpc) is 3.02. The lowest BCUT2D eigenvalue weighted by Gasteiger charge is -2.11. The third-order valence-electron chi connectivity index (χ3n) is 5.14. The summed E-state index contributed by atoms with van der Waals surface area (Å²) in [4.78, 5) is 31.1. The van der Waals surface area contributed by atoms with Gasteiger partial charge in [-0.25, -0.2) is 4.98 Å². The summed E-state index contributed by atoms with van der Waals surface area (Å²) in [6.07, 6.45) is 0.796. The summed E-state index contributed by atoms with van der Waals surface area (Å²) >= 11 is 1.43. The third kappa shape index (κ3) is 4.65. The third-order valence-corrected chi connectivity index (χ3v) is 6.32. The van der Waals surface area contributed by atoms with Crippen molar-refractivity contribution in [1.29, 1.82) is 0 Å². The van der Waals surface area contributed by atoms with Crippen molar-refractivity contribution in [3.63, 3.8) is 0 Å². The lowest BCUT2D eigenvalue weighted by atomic mass is 10.1. The minimum atomic E-state index is -0.100. The van der Waals surface area contributed by atoms with Gasteiger partial charge in [-0.05, 0) is 62.1 Å². The molecular formula is C23H27N3O2S. The number of nitrogens with zero attached hydrogens (tertiary/aromatic N) is 1. The molecule has 2 aromatic heterocycles. The first-order chi connectivity index (χ1) is 13.8. The number of nitrogens with one attached hydrogen (secondary N) is 2. The van der Waals surface area contributed by atoms with E-state index < -0.39 is 0 Å². The number of pyridine rings is 1. The van der Waals surface area contributed by atoms with Gasteiger partial charge in [-0.2, -0.15) is 0 Å². The van der Waals surface area contributed by atoms with Gasteiger partial charge in [-0.3, -0.25) is 9.59 Å². The summed E-state index contributed by atoms with van der Waals surface area (Å²) < 4.78 is 0. The van der Waals surface area contributed by atoms with E-state index in [1.54, 1.807) is 0 Å². The molecular weight excluding hydrogens is 382 g/mol. The van der Waals surface area contributed by atoms with Crippen LogP contribution in [0.25, 0.3) is 10.2 Å². The quantitative estimate of drug-likeness (QED) is 0.592. The molecule has 2 amide bonds. The summed E-state index contributed by atoms with van der Waals surface area (Å²) in [6.45, 7) is 10.3. The summed E-state index contributed by atoms with van der Waals surface area (Å²) in [6, 6.07) is 9.62. The van der Waals surface area contributed by atoms with E-state index in [-0.39, 0.29) is 17.7 Å². The minimum absolute atomic E-state index is 0.00718. The Morgan fingerprint density at radius 1 is 1.17 bits per heavy atom. The summed E-state index contributed by atoms with van der Waals surface area (Å²) in [5, 5.41) is 7.00.